The molecule has 10 heteroatoms. The average Bonchev–Trinajstić information content (AvgIpc) is 3.13. The van der Waals surface area contributed by atoms with Gasteiger partial charge in [-0.2, -0.15) is 0 Å². The molecular weight excluding hydrogens is 519 g/mol. The summed E-state index contributed by atoms with van der Waals surface area (Å²) in [6.07, 6.45) is 1.53. The second-order valence-corrected chi connectivity index (χ2v) is 9.50. The molecule has 1 aliphatic rings. The van der Waals surface area contributed by atoms with Gasteiger partial charge < -0.3 is 14.8 Å². The third kappa shape index (κ3) is 6.31. The van der Waals surface area contributed by atoms with Crippen LogP contribution in [-0.2, 0) is 16.2 Å². The van der Waals surface area contributed by atoms with Crippen molar-refractivity contribution in [1.82, 2.24) is 4.90 Å². The first kappa shape index (κ1) is 26.2. The largest absolute Gasteiger partial charge is 0.493 e. The Morgan fingerprint density at radius 2 is 1.89 bits per heavy atom. The molecule has 0 aliphatic carbocycles. The normalized spacial score (nSPS) is 14.3. The number of benzene rings is 3. The first-order valence-electron chi connectivity index (χ1n) is 11.1. The molecular formula is C27H22ClFN2O5S. The number of ether oxygens (including phenoxy) is 2. The molecule has 0 unspecified atom stereocenters. The summed E-state index contributed by atoms with van der Waals surface area (Å²) < 4.78 is 25.0. The lowest BCUT2D eigenvalue weighted by atomic mass is 10.1. The Morgan fingerprint density at radius 3 is 2.65 bits per heavy atom. The Labute approximate surface area is 222 Å². The van der Waals surface area contributed by atoms with E-state index in [1.165, 1.54) is 19.3 Å². The summed E-state index contributed by atoms with van der Waals surface area (Å²) in [6, 6.07) is 16.3. The van der Waals surface area contributed by atoms with Gasteiger partial charge in [0.2, 0.25) is 5.91 Å². The highest BCUT2D eigenvalue weighted by molar-refractivity contribution is 8.18. The fourth-order valence-electron chi connectivity index (χ4n) is 3.51. The number of nitrogens with one attached hydrogen (secondary N) is 1. The van der Waals surface area contributed by atoms with E-state index in [4.69, 9.17) is 21.1 Å². The molecule has 1 aliphatic heterocycles. The van der Waals surface area contributed by atoms with Gasteiger partial charge in [-0.1, -0.05) is 41.9 Å². The van der Waals surface area contributed by atoms with E-state index in [2.05, 4.69) is 5.32 Å². The fraction of sp³-hybridized carbons (Fsp3) is 0.148. The third-order valence-corrected chi connectivity index (χ3v) is 6.62. The molecule has 1 heterocycles. The number of rotatable bonds is 8. The van der Waals surface area contributed by atoms with Crippen LogP contribution in [0.15, 0.2) is 65.6 Å². The molecule has 3 aromatic rings. The van der Waals surface area contributed by atoms with E-state index >= 15 is 0 Å². The van der Waals surface area contributed by atoms with Gasteiger partial charge in [0.1, 0.15) is 19.0 Å². The Morgan fingerprint density at radius 1 is 1.11 bits per heavy atom. The van der Waals surface area contributed by atoms with Crippen molar-refractivity contribution >= 4 is 52.2 Å². The van der Waals surface area contributed by atoms with Crippen LogP contribution in [0.2, 0.25) is 5.02 Å². The Balaban J connectivity index is 1.44. The van der Waals surface area contributed by atoms with Gasteiger partial charge in [0.15, 0.2) is 11.5 Å². The number of halogens is 2. The topological polar surface area (TPSA) is 84.9 Å². The number of aryl methyl sites for hydroxylation is 1. The zero-order chi connectivity index (χ0) is 26.5. The number of amides is 3. The summed E-state index contributed by atoms with van der Waals surface area (Å²) in [5.41, 5.74) is 2.28. The zero-order valence-corrected chi connectivity index (χ0v) is 21.5. The molecule has 0 atom stereocenters. The maximum Gasteiger partial charge on any atom is 0.294 e. The van der Waals surface area contributed by atoms with Crippen LogP contribution < -0.4 is 14.8 Å². The quantitative estimate of drug-likeness (QED) is 0.350. The van der Waals surface area contributed by atoms with Gasteiger partial charge in [-0.05, 0) is 66.2 Å². The van der Waals surface area contributed by atoms with Gasteiger partial charge in [0.05, 0.1) is 12.0 Å². The number of imide groups is 1. The summed E-state index contributed by atoms with van der Waals surface area (Å²) in [5, 5.41) is 2.58. The van der Waals surface area contributed by atoms with Gasteiger partial charge in [0, 0.05) is 16.3 Å². The number of carbonyl (C=O) groups excluding carboxylic acids is 3. The maximum absolute atomic E-state index is 13.9. The molecule has 37 heavy (non-hydrogen) atoms. The first-order chi connectivity index (χ1) is 17.7. The van der Waals surface area contributed by atoms with Crippen molar-refractivity contribution in [3.8, 4) is 11.5 Å². The van der Waals surface area contributed by atoms with Gasteiger partial charge in [-0.15, -0.1) is 0 Å². The average molecular weight is 541 g/mol. The van der Waals surface area contributed by atoms with Crippen LogP contribution in [0.25, 0.3) is 6.08 Å². The van der Waals surface area contributed by atoms with Gasteiger partial charge >= 0.3 is 0 Å². The molecule has 3 amide bonds. The highest BCUT2D eigenvalue weighted by atomic mass is 35.5. The molecule has 7 nitrogen and oxygen atoms in total. The van der Waals surface area contributed by atoms with Crippen LogP contribution in [0.1, 0.15) is 16.7 Å². The number of carbonyl (C=O) groups is 3. The van der Waals surface area contributed by atoms with Crippen molar-refractivity contribution < 1.29 is 28.2 Å². The fourth-order valence-corrected chi connectivity index (χ4v) is 4.52. The highest BCUT2D eigenvalue weighted by Gasteiger charge is 2.36. The van der Waals surface area contributed by atoms with Crippen molar-refractivity contribution in [2.24, 2.45) is 0 Å². The summed E-state index contributed by atoms with van der Waals surface area (Å²) in [4.78, 5) is 38.9. The van der Waals surface area contributed by atoms with Crippen LogP contribution in [-0.4, -0.2) is 35.6 Å². The maximum atomic E-state index is 13.9. The van der Waals surface area contributed by atoms with Crippen LogP contribution in [0, 0.1) is 12.7 Å². The molecule has 1 saturated heterocycles. The molecule has 0 radical (unpaired) electrons. The lowest BCUT2D eigenvalue weighted by molar-refractivity contribution is -0.127. The number of nitrogens with zero attached hydrogens (tertiary/aromatic N) is 1. The predicted octanol–water partition coefficient (Wildman–Crippen LogP) is 6.05. The minimum absolute atomic E-state index is 0.0119. The molecule has 1 N–H and O–H groups in total. The lowest BCUT2D eigenvalue weighted by Gasteiger charge is -2.14. The second kappa shape index (κ2) is 11.5. The van der Waals surface area contributed by atoms with Crippen LogP contribution in [0.5, 0.6) is 11.5 Å². The van der Waals surface area contributed by atoms with E-state index in [0.29, 0.717) is 33.3 Å². The van der Waals surface area contributed by atoms with E-state index in [1.807, 2.05) is 0 Å². The summed E-state index contributed by atoms with van der Waals surface area (Å²) in [7, 11) is 1.46. The van der Waals surface area contributed by atoms with E-state index in [0.717, 1.165) is 22.2 Å². The van der Waals surface area contributed by atoms with E-state index < -0.39 is 23.6 Å². The van der Waals surface area contributed by atoms with Gasteiger partial charge in [0.25, 0.3) is 11.1 Å². The van der Waals surface area contributed by atoms with Gasteiger partial charge in [-0.3, -0.25) is 19.3 Å². The highest BCUT2D eigenvalue weighted by Crippen LogP contribution is 2.35. The second-order valence-electron chi connectivity index (χ2n) is 8.07. The van der Waals surface area contributed by atoms with Crippen molar-refractivity contribution in [3.05, 3.63) is 93.1 Å². The Bertz CT molecular complexity index is 1410. The van der Waals surface area contributed by atoms with E-state index in [9.17, 15) is 18.8 Å². The monoisotopic (exact) mass is 540 g/mol. The van der Waals surface area contributed by atoms with Crippen LogP contribution in [0.3, 0.4) is 0 Å². The standard InChI is InChI=1S/C27H22ClFN2O5S/c1-16-7-9-19(28)13-21(16)30-25(32)14-31-26(33)24(37-27(31)34)12-17-8-10-22(23(11-17)35-2)36-15-18-5-3-4-6-20(18)29/h3-13H,14-15H2,1-2H3,(H,30,32)/b24-12+. The third-order valence-electron chi connectivity index (χ3n) is 5.48. The molecule has 3 aromatic carbocycles. The van der Waals surface area contributed by atoms with Crippen molar-refractivity contribution in [2.45, 2.75) is 13.5 Å². The number of hydrogen-bond acceptors (Lipinski definition) is 6. The van der Waals surface area contributed by atoms with Gasteiger partial charge in [-0.25, -0.2) is 4.39 Å². The minimum atomic E-state index is -0.577. The number of thioether (sulfide) groups is 1. The molecule has 1 fully saturated rings. The molecule has 4 rings (SSSR count). The SMILES string of the molecule is COc1cc(/C=C2/SC(=O)N(CC(=O)Nc3cc(Cl)ccc3C)C2=O)ccc1OCc1ccccc1F. The van der Waals surface area contributed by atoms with E-state index in [-0.39, 0.29) is 17.3 Å². The first-order valence-corrected chi connectivity index (χ1v) is 12.3. The molecule has 0 aromatic heterocycles. The summed E-state index contributed by atoms with van der Waals surface area (Å²) in [5.74, 6) is -0.700. The predicted molar refractivity (Wildman–Crippen MR) is 141 cm³/mol. The number of anilines is 1. The van der Waals surface area contributed by atoms with Crippen molar-refractivity contribution in [2.75, 3.05) is 19.0 Å². The minimum Gasteiger partial charge on any atom is -0.493 e. The number of hydrogen-bond donors (Lipinski definition) is 1. The Hall–Kier alpha value is -3.82. The van der Waals surface area contributed by atoms with Crippen molar-refractivity contribution in [3.63, 3.8) is 0 Å². The molecule has 0 bridgehead atoms. The Kier molecular flexibility index (Phi) is 8.15. The van der Waals surface area contributed by atoms with Crippen LogP contribution >= 0.6 is 23.4 Å². The smallest absolute Gasteiger partial charge is 0.294 e. The molecule has 0 spiro atoms. The van der Waals surface area contributed by atoms with E-state index in [1.54, 1.807) is 61.5 Å². The summed E-state index contributed by atoms with van der Waals surface area (Å²) >= 11 is 6.72. The summed E-state index contributed by atoms with van der Waals surface area (Å²) in [6.45, 7) is 1.39. The van der Waals surface area contributed by atoms with Crippen molar-refractivity contribution in [1.29, 1.82) is 0 Å². The van der Waals surface area contributed by atoms with Crippen LogP contribution in [0.4, 0.5) is 14.9 Å². The molecule has 190 valence electrons. The molecule has 0 saturated carbocycles. The zero-order valence-electron chi connectivity index (χ0n) is 19.9. The lowest BCUT2D eigenvalue weighted by Crippen LogP contribution is -2.36. The number of methoxy groups -OCH3 is 1.